The van der Waals surface area contributed by atoms with Crippen molar-refractivity contribution < 1.29 is 22.8 Å². The van der Waals surface area contributed by atoms with Gasteiger partial charge < -0.3 is 14.7 Å². The Morgan fingerprint density at radius 2 is 1.73 bits per heavy atom. The molecule has 0 aliphatic carbocycles. The summed E-state index contributed by atoms with van der Waals surface area (Å²) in [6, 6.07) is 9.93. The average molecular weight is 458 g/mol. The van der Waals surface area contributed by atoms with Gasteiger partial charge in [-0.25, -0.2) is 4.98 Å². The molecule has 2 aliphatic rings. The molecule has 3 heterocycles. The summed E-state index contributed by atoms with van der Waals surface area (Å²) in [6.45, 7) is 2.87. The van der Waals surface area contributed by atoms with Gasteiger partial charge in [0.05, 0.1) is 5.56 Å². The van der Waals surface area contributed by atoms with E-state index in [0.717, 1.165) is 36.5 Å². The quantitative estimate of drug-likeness (QED) is 0.651. The Morgan fingerprint density at radius 1 is 0.939 bits per heavy atom. The van der Waals surface area contributed by atoms with Gasteiger partial charge in [-0.1, -0.05) is 12.1 Å². The van der Waals surface area contributed by atoms with Gasteiger partial charge in [-0.3, -0.25) is 9.59 Å². The molecule has 0 N–H and O–H groups in total. The minimum absolute atomic E-state index is 0.115. The van der Waals surface area contributed by atoms with Crippen molar-refractivity contribution in [3.05, 3.63) is 59.8 Å². The smallest absolute Gasteiger partial charge is 0.355 e. The molecule has 2 aliphatic heterocycles. The van der Waals surface area contributed by atoms with Crippen molar-refractivity contribution in [1.82, 2.24) is 9.88 Å². The van der Waals surface area contributed by atoms with Gasteiger partial charge >= 0.3 is 6.18 Å². The number of anilines is 2. The number of carbonyl (C=O) groups excluding carboxylic acids is 2. The van der Waals surface area contributed by atoms with E-state index >= 15 is 0 Å². The molecule has 33 heavy (non-hydrogen) atoms. The molecular formula is C24H25F3N4O2. The van der Waals surface area contributed by atoms with Crippen LogP contribution in [-0.4, -0.2) is 54.4 Å². The van der Waals surface area contributed by atoms with Crippen LogP contribution in [0.1, 0.15) is 30.4 Å². The molecule has 2 amide bonds. The Kier molecular flexibility index (Phi) is 6.67. The molecule has 0 bridgehead atoms. The van der Waals surface area contributed by atoms with E-state index < -0.39 is 11.7 Å². The fourth-order valence-corrected chi connectivity index (χ4v) is 4.07. The van der Waals surface area contributed by atoms with Crippen LogP contribution in [0.15, 0.2) is 48.7 Å². The summed E-state index contributed by atoms with van der Waals surface area (Å²) in [5.74, 6) is 0.496. The molecule has 0 unspecified atom stereocenters. The molecule has 9 heteroatoms. The highest BCUT2D eigenvalue weighted by molar-refractivity contribution is 5.95. The SMILES string of the molecule is O=C(/C=C/c1ccc(N2CCCC2=O)cc1)N1CCCN(c2ccc(C(F)(F)F)cn2)CC1. The molecular weight excluding hydrogens is 433 g/mol. The van der Waals surface area contributed by atoms with Crippen LogP contribution in [0.5, 0.6) is 0 Å². The number of alkyl halides is 3. The zero-order valence-electron chi connectivity index (χ0n) is 18.1. The van der Waals surface area contributed by atoms with Crippen molar-refractivity contribution in [2.75, 3.05) is 42.5 Å². The highest BCUT2D eigenvalue weighted by Crippen LogP contribution is 2.29. The van der Waals surface area contributed by atoms with Crippen LogP contribution in [0.25, 0.3) is 6.08 Å². The number of nitrogens with zero attached hydrogens (tertiary/aromatic N) is 4. The maximum atomic E-state index is 12.7. The Labute approximate surface area is 190 Å². The second kappa shape index (κ2) is 9.64. The van der Waals surface area contributed by atoms with Gasteiger partial charge in [-0.05, 0) is 48.7 Å². The van der Waals surface area contributed by atoms with Gasteiger partial charge in [0.1, 0.15) is 5.82 Å². The van der Waals surface area contributed by atoms with E-state index in [0.29, 0.717) is 44.8 Å². The lowest BCUT2D eigenvalue weighted by molar-refractivity contribution is -0.137. The van der Waals surface area contributed by atoms with Crippen molar-refractivity contribution in [2.24, 2.45) is 0 Å². The van der Waals surface area contributed by atoms with Gasteiger partial charge in [-0.2, -0.15) is 13.2 Å². The normalized spacial score (nSPS) is 17.7. The Balaban J connectivity index is 1.33. The molecule has 0 saturated carbocycles. The standard InChI is InChI=1S/C24H25F3N4O2/c25-24(26,27)19-7-10-21(28-17-19)29-12-2-13-30(16-15-29)22(32)11-6-18-4-8-20(9-5-18)31-14-1-3-23(31)33/h4-11,17H,1-3,12-16H2/b11-6+. The highest BCUT2D eigenvalue weighted by atomic mass is 19.4. The van der Waals surface area contributed by atoms with Crippen molar-refractivity contribution in [3.63, 3.8) is 0 Å². The Bertz CT molecular complexity index is 1020. The number of aromatic nitrogens is 1. The molecule has 4 rings (SSSR count). The van der Waals surface area contributed by atoms with E-state index in [1.807, 2.05) is 29.2 Å². The predicted octanol–water partition coefficient (Wildman–Crippen LogP) is 3.98. The average Bonchev–Trinajstić information content (AvgIpc) is 3.08. The molecule has 0 atom stereocenters. The zero-order chi connectivity index (χ0) is 23.4. The number of hydrogen-bond acceptors (Lipinski definition) is 4. The summed E-state index contributed by atoms with van der Waals surface area (Å²) in [7, 11) is 0. The van der Waals surface area contributed by atoms with E-state index in [2.05, 4.69) is 4.98 Å². The summed E-state index contributed by atoms with van der Waals surface area (Å²) >= 11 is 0. The van der Waals surface area contributed by atoms with Crippen molar-refractivity contribution in [1.29, 1.82) is 0 Å². The lowest BCUT2D eigenvalue weighted by Gasteiger charge is -2.22. The number of amides is 2. The number of benzene rings is 1. The van der Waals surface area contributed by atoms with Gasteiger partial charge in [0.2, 0.25) is 11.8 Å². The van der Waals surface area contributed by atoms with Gasteiger partial charge in [0, 0.05) is 57.1 Å². The maximum absolute atomic E-state index is 12.7. The van der Waals surface area contributed by atoms with Gasteiger partial charge in [-0.15, -0.1) is 0 Å². The number of halogens is 3. The van der Waals surface area contributed by atoms with E-state index in [9.17, 15) is 22.8 Å². The molecule has 0 spiro atoms. The van der Waals surface area contributed by atoms with Crippen molar-refractivity contribution >= 4 is 29.4 Å². The minimum atomic E-state index is -4.41. The fraction of sp³-hybridized carbons (Fsp3) is 0.375. The van der Waals surface area contributed by atoms with E-state index in [1.54, 1.807) is 15.9 Å². The van der Waals surface area contributed by atoms with E-state index in [4.69, 9.17) is 0 Å². The summed E-state index contributed by atoms with van der Waals surface area (Å²) < 4.78 is 38.2. The zero-order valence-corrected chi connectivity index (χ0v) is 18.1. The molecule has 0 radical (unpaired) electrons. The molecule has 2 aromatic rings. The molecule has 174 valence electrons. The maximum Gasteiger partial charge on any atom is 0.417 e. The van der Waals surface area contributed by atoms with Crippen LogP contribution in [0.3, 0.4) is 0 Å². The largest absolute Gasteiger partial charge is 0.417 e. The van der Waals surface area contributed by atoms with Crippen LogP contribution in [0, 0.1) is 0 Å². The number of pyridine rings is 1. The van der Waals surface area contributed by atoms with E-state index in [-0.39, 0.29) is 11.8 Å². The first-order valence-electron chi connectivity index (χ1n) is 11.0. The van der Waals surface area contributed by atoms with Crippen molar-refractivity contribution in [3.8, 4) is 0 Å². The van der Waals surface area contributed by atoms with Crippen LogP contribution in [-0.2, 0) is 15.8 Å². The summed E-state index contributed by atoms with van der Waals surface area (Å²) in [5, 5.41) is 0. The first-order chi connectivity index (χ1) is 15.8. The Morgan fingerprint density at radius 3 is 2.36 bits per heavy atom. The van der Waals surface area contributed by atoms with E-state index in [1.165, 1.54) is 12.1 Å². The summed E-state index contributed by atoms with van der Waals surface area (Å²) in [6.07, 6.45) is 1.86. The molecule has 1 aromatic carbocycles. The van der Waals surface area contributed by atoms with Crippen LogP contribution in [0.2, 0.25) is 0 Å². The monoisotopic (exact) mass is 458 g/mol. The lowest BCUT2D eigenvalue weighted by Crippen LogP contribution is -2.34. The third kappa shape index (κ3) is 5.53. The lowest BCUT2D eigenvalue weighted by atomic mass is 10.2. The molecule has 2 saturated heterocycles. The van der Waals surface area contributed by atoms with Crippen molar-refractivity contribution in [2.45, 2.75) is 25.4 Å². The Hall–Kier alpha value is -3.36. The minimum Gasteiger partial charge on any atom is -0.355 e. The third-order valence-electron chi connectivity index (χ3n) is 5.90. The first-order valence-corrected chi connectivity index (χ1v) is 11.0. The number of carbonyl (C=O) groups is 2. The van der Waals surface area contributed by atoms with Gasteiger partial charge in [0.15, 0.2) is 0 Å². The second-order valence-corrected chi connectivity index (χ2v) is 8.14. The fourth-order valence-electron chi connectivity index (χ4n) is 4.07. The summed E-state index contributed by atoms with van der Waals surface area (Å²) in [5.41, 5.74) is 0.956. The van der Waals surface area contributed by atoms with Crippen LogP contribution < -0.4 is 9.80 Å². The third-order valence-corrected chi connectivity index (χ3v) is 5.90. The van der Waals surface area contributed by atoms with Crippen LogP contribution >= 0.6 is 0 Å². The first kappa shape index (κ1) is 22.8. The predicted molar refractivity (Wildman–Crippen MR) is 120 cm³/mol. The molecule has 2 fully saturated rings. The van der Waals surface area contributed by atoms with Crippen LogP contribution in [0.4, 0.5) is 24.7 Å². The van der Waals surface area contributed by atoms with Gasteiger partial charge in [0.25, 0.3) is 0 Å². The highest BCUT2D eigenvalue weighted by Gasteiger charge is 2.31. The topological polar surface area (TPSA) is 56.8 Å². The molecule has 1 aromatic heterocycles. The second-order valence-electron chi connectivity index (χ2n) is 8.14. The number of hydrogen-bond donors (Lipinski definition) is 0. The molecule has 6 nitrogen and oxygen atoms in total. The number of rotatable bonds is 4. The summed E-state index contributed by atoms with van der Waals surface area (Å²) in [4.78, 5) is 33.9.